The highest BCUT2D eigenvalue weighted by Crippen LogP contribution is 2.31. The van der Waals surface area contributed by atoms with E-state index in [1.165, 1.54) is 16.1 Å². The van der Waals surface area contributed by atoms with Gasteiger partial charge < -0.3 is 19.7 Å². The van der Waals surface area contributed by atoms with Crippen molar-refractivity contribution in [2.24, 2.45) is 0 Å². The second-order valence-corrected chi connectivity index (χ2v) is 9.08. The Morgan fingerprint density at radius 1 is 1.11 bits per heavy atom. The average Bonchev–Trinajstić information content (AvgIpc) is 2.69. The third-order valence-corrected chi connectivity index (χ3v) is 6.92. The molecule has 27 heavy (non-hydrogen) atoms. The number of hydrogen-bond donors (Lipinski definition) is 1. The van der Waals surface area contributed by atoms with Crippen LogP contribution in [0.1, 0.15) is 0 Å². The van der Waals surface area contributed by atoms with Crippen molar-refractivity contribution >= 4 is 39.1 Å². The second kappa shape index (κ2) is 9.24. The van der Waals surface area contributed by atoms with E-state index >= 15 is 0 Å². The zero-order valence-corrected chi connectivity index (χ0v) is 17.0. The van der Waals surface area contributed by atoms with E-state index in [1.807, 2.05) is 6.26 Å². The summed E-state index contributed by atoms with van der Waals surface area (Å²) in [4.78, 5) is 14.4. The molecule has 10 heteroatoms. The molecule has 2 saturated heterocycles. The second-order valence-electron chi connectivity index (χ2n) is 6.28. The van der Waals surface area contributed by atoms with Crippen LogP contribution in [-0.2, 0) is 24.3 Å². The van der Waals surface area contributed by atoms with Gasteiger partial charge in [0, 0.05) is 26.2 Å². The largest absolute Gasteiger partial charge is 0.379 e. The molecule has 1 aromatic rings. The fraction of sp³-hybridized carbons (Fsp3) is 0.588. The van der Waals surface area contributed by atoms with Crippen molar-refractivity contribution in [1.29, 1.82) is 0 Å². The van der Waals surface area contributed by atoms with E-state index in [1.54, 1.807) is 18.2 Å². The van der Waals surface area contributed by atoms with Crippen LogP contribution in [0.2, 0.25) is 0 Å². The van der Waals surface area contributed by atoms with Gasteiger partial charge in [0.25, 0.3) is 0 Å². The molecule has 2 aliphatic heterocycles. The maximum atomic E-state index is 13.0. The number of nitrogens with zero attached hydrogens (tertiary/aromatic N) is 2. The van der Waals surface area contributed by atoms with Crippen molar-refractivity contribution in [1.82, 2.24) is 4.31 Å². The number of anilines is 2. The minimum absolute atomic E-state index is 0.155. The molecule has 8 nitrogen and oxygen atoms in total. The number of thioether (sulfide) groups is 1. The monoisotopic (exact) mass is 415 g/mol. The van der Waals surface area contributed by atoms with E-state index in [-0.39, 0.29) is 10.8 Å². The molecule has 0 saturated carbocycles. The highest BCUT2D eigenvalue weighted by atomic mass is 32.2. The van der Waals surface area contributed by atoms with Gasteiger partial charge in [-0.2, -0.15) is 16.1 Å². The molecule has 1 aromatic carbocycles. The minimum Gasteiger partial charge on any atom is -0.379 e. The molecule has 150 valence electrons. The zero-order valence-electron chi connectivity index (χ0n) is 15.3. The van der Waals surface area contributed by atoms with Crippen molar-refractivity contribution in [3.8, 4) is 0 Å². The number of benzene rings is 1. The Balaban J connectivity index is 1.92. The highest BCUT2D eigenvalue weighted by Gasteiger charge is 2.28. The summed E-state index contributed by atoms with van der Waals surface area (Å²) in [6.45, 7) is 4.05. The average molecular weight is 416 g/mol. The number of morpholine rings is 2. The van der Waals surface area contributed by atoms with Gasteiger partial charge in [0.2, 0.25) is 15.9 Å². The number of ether oxygens (including phenoxy) is 2. The molecule has 1 amide bonds. The van der Waals surface area contributed by atoms with Crippen LogP contribution in [0.4, 0.5) is 11.4 Å². The van der Waals surface area contributed by atoms with Crippen LogP contribution in [0.15, 0.2) is 23.1 Å². The minimum atomic E-state index is -3.63. The van der Waals surface area contributed by atoms with Gasteiger partial charge in [-0.25, -0.2) is 8.42 Å². The van der Waals surface area contributed by atoms with Crippen molar-refractivity contribution in [2.75, 3.05) is 74.8 Å². The number of rotatable bonds is 6. The normalized spacial score (nSPS) is 19.1. The quantitative estimate of drug-likeness (QED) is 0.737. The predicted octanol–water partition coefficient (Wildman–Crippen LogP) is 0.846. The Morgan fingerprint density at radius 3 is 2.37 bits per heavy atom. The summed E-state index contributed by atoms with van der Waals surface area (Å²) >= 11 is 1.42. The van der Waals surface area contributed by atoms with Crippen LogP contribution in [0.25, 0.3) is 0 Å². The first-order chi connectivity index (χ1) is 13.0. The van der Waals surface area contributed by atoms with Crippen LogP contribution in [0.3, 0.4) is 0 Å². The highest BCUT2D eigenvalue weighted by molar-refractivity contribution is 7.99. The summed E-state index contributed by atoms with van der Waals surface area (Å²) in [5, 5.41) is 2.87. The first-order valence-electron chi connectivity index (χ1n) is 8.86. The molecule has 0 aliphatic carbocycles. The lowest BCUT2D eigenvalue weighted by atomic mass is 10.2. The Bertz CT molecular complexity index is 760. The van der Waals surface area contributed by atoms with Gasteiger partial charge in [-0.1, -0.05) is 0 Å². The van der Waals surface area contributed by atoms with E-state index in [4.69, 9.17) is 9.47 Å². The van der Waals surface area contributed by atoms with Gasteiger partial charge in [-0.3, -0.25) is 4.79 Å². The summed E-state index contributed by atoms with van der Waals surface area (Å²) in [6.07, 6.45) is 1.85. The molecule has 0 bridgehead atoms. The van der Waals surface area contributed by atoms with Crippen molar-refractivity contribution < 1.29 is 22.7 Å². The lowest BCUT2D eigenvalue weighted by Crippen LogP contribution is -2.40. The molecule has 0 unspecified atom stereocenters. The van der Waals surface area contributed by atoms with Gasteiger partial charge in [-0.05, 0) is 24.5 Å². The van der Waals surface area contributed by atoms with Crippen LogP contribution in [0.5, 0.6) is 0 Å². The molecule has 0 spiro atoms. The number of sulfonamides is 1. The Labute approximate surface area is 164 Å². The first-order valence-corrected chi connectivity index (χ1v) is 11.7. The van der Waals surface area contributed by atoms with Crippen LogP contribution < -0.4 is 10.2 Å². The standard InChI is InChI=1S/C17H25N3O5S2/c1-26-13-17(21)18-15-12-14(27(22,23)20-6-10-25-11-7-20)2-3-16(15)19-4-8-24-9-5-19/h2-3,12H,4-11,13H2,1H3,(H,18,21). The van der Waals surface area contributed by atoms with Crippen LogP contribution in [0, 0.1) is 0 Å². The van der Waals surface area contributed by atoms with Gasteiger partial charge in [-0.15, -0.1) is 0 Å². The fourth-order valence-corrected chi connectivity index (χ4v) is 4.88. The summed E-state index contributed by atoms with van der Waals surface area (Å²) in [6, 6.07) is 4.95. The number of hydrogen-bond acceptors (Lipinski definition) is 7. The number of nitrogens with one attached hydrogen (secondary N) is 1. The Kier molecular flexibility index (Phi) is 6.99. The van der Waals surface area contributed by atoms with Crippen molar-refractivity contribution in [3.63, 3.8) is 0 Å². The van der Waals surface area contributed by atoms with Crippen LogP contribution in [-0.4, -0.2) is 83.2 Å². The molecule has 2 aliphatic rings. The predicted molar refractivity (Wildman–Crippen MR) is 106 cm³/mol. The third kappa shape index (κ3) is 4.94. The summed E-state index contributed by atoms with van der Waals surface area (Å²) in [7, 11) is -3.63. The summed E-state index contributed by atoms with van der Waals surface area (Å²) in [5.74, 6) is 0.154. The maximum Gasteiger partial charge on any atom is 0.243 e. The first kappa shape index (κ1) is 20.4. The summed E-state index contributed by atoms with van der Waals surface area (Å²) < 4.78 is 38.0. The topological polar surface area (TPSA) is 88.2 Å². The van der Waals surface area contributed by atoms with Crippen LogP contribution >= 0.6 is 11.8 Å². The SMILES string of the molecule is CSCC(=O)Nc1cc(S(=O)(=O)N2CCOCC2)ccc1N1CCOCC1. The number of amides is 1. The molecule has 2 fully saturated rings. The molecular formula is C17H25N3O5S2. The lowest BCUT2D eigenvalue weighted by Gasteiger charge is -2.31. The Morgan fingerprint density at radius 2 is 1.74 bits per heavy atom. The third-order valence-electron chi connectivity index (χ3n) is 4.48. The van der Waals surface area contributed by atoms with E-state index in [0.717, 1.165) is 5.69 Å². The molecular weight excluding hydrogens is 390 g/mol. The van der Waals surface area contributed by atoms with E-state index in [0.29, 0.717) is 64.0 Å². The lowest BCUT2D eigenvalue weighted by molar-refractivity contribution is -0.113. The van der Waals surface area contributed by atoms with E-state index in [9.17, 15) is 13.2 Å². The Hall–Kier alpha value is -1.33. The van der Waals surface area contributed by atoms with Gasteiger partial charge in [0.15, 0.2) is 0 Å². The molecule has 0 atom stereocenters. The van der Waals surface area contributed by atoms with Gasteiger partial charge >= 0.3 is 0 Å². The molecule has 0 aromatic heterocycles. The number of carbonyl (C=O) groups is 1. The van der Waals surface area contributed by atoms with Gasteiger partial charge in [0.05, 0.1) is 48.5 Å². The molecule has 2 heterocycles. The van der Waals surface area contributed by atoms with Crippen molar-refractivity contribution in [2.45, 2.75) is 4.90 Å². The fourth-order valence-electron chi connectivity index (χ4n) is 3.11. The maximum absolute atomic E-state index is 13.0. The number of carbonyl (C=O) groups excluding carboxylic acids is 1. The van der Waals surface area contributed by atoms with E-state index in [2.05, 4.69) is 10.2 Å². The van der Waals surface area contributed by atoms with Gasteiger partial charge in [0.1, 0.15) is 0 Å². The molecule has 0 radical (unpaired) electrons. The summed E-state index contributed by atoms with van der Waals surface area (Å²) in [5.41, 5.74) is 1.33. The molecule has 1 N–H and O–H groups in total. The van der Waals surface area contributed by atoms with Crippen molar-refractivity contribution in [3.05, 3.63) is 18.2 Å². The van der Waals surface area contributed by atoms with E-state index < -0.39 is 10.0 Å². The zero-order chi connectivity index (χ0) is 19.3. The molecule has 3 rings (SSSR count). The smallest absolute Gasteiger partial charge is 0.243 e.